The number of hydrogen-bond acceptors (Lipinski definition) is 1. The van der Waals surface area contributed by atoms with Gasteiger partial charge in [-0.1, -0.05) is 46.5 Å². The lowest BCUT2D eigenvalue weighted by Crippen LogP contribution is -2.45. The molecule has 14 heavy (non-hydrogen) atoms. The molecule has 0 aromatic rings. The first kappa shape index (κ1) is 12.0. The van der Waals surface area contributed by atoms with Gasteiger partial charge in [0.1, 0.15) is 0 Å². The molecule has 0 aliphatic heterocycles. The third kappa shape index (κ3) is 2.31. The molecule has 0 amide bonds. The van der Waals surface area contributed by atoms with E-state index in [9.17, 15) is 0 Å². The maximum absolute atomic E-state index is 3.59. The number of rotatable bonds is 5. The Bertz CT molecular complexity index is 155. The molecule has 1 fully saturated rings. The molecule has 1 heteroatoms. The van der Waals surface area contributed by atoms with Crippen LogP contribution in [0.15, 0.2) is 0 Å². The van der Waals surface area contributed by atoms with Crippen LogP contribution in [-0.2, 0) is 0 Å². The minimum absolute atomic E-state index is 0.575. The molecule has 1 rings (SSSR count). The molecule has 1 N–H and O–H groups in total. The predicted molar refractivity (Wildman–Crippen MR) is 63.5 cm³/mol. The maximum Gasteiger partial charge on any atom is 0.0146 e. The van der Waals surface area contributed by atoms with Crippen molar-refractivity contribution >= 4 is 0 Å². The van der Waals surface area contributed by atoms with E-state index < -0.39 is 0 Å². The fourth-order valence-corrected chi connectivity index (χ4v) is 3.41. The van der Waals surface area contributed by atoms with Gasteiger partial charge in [0.25, 0.3) is 0 Å². The summed E-state index contributed by atoms with van der Waals surface area (Å²) in [6, 6.07) is 0.736. The minimum Gasteiger partial charge on any atom is -0.316 e. The smallest absolute Gasteiger partial charge is 0.0146 e. The Morgan fingerprint density at radius 3 is 2.00 bits per heavy atom. The Morgan fingerprint density at radius 1 is 1.14 bits per heavy atom. The Hall–Kier alpha value is -0.0400. The highest BCUT2D eigenvalue weighted by atomic mass is 14.9. The summed E-state index contributed by atoms with van der Waals surface area (Å²) in [6.45, 7) is 7.15. The van der Waals surface area contributed by atoms with Crippen molar-refractivity contribution in [1.82, 2.24) is 5.32 Å². The van der Waals surface area contributed by atoms with E-state index in [1.807, 2.05) is 0 Å². The van der Waals surface area contributed by atoms with Gasteiger partial charge in [0.15, 0.2) is 0 Å². The SMILES string of the molecule is CCC(CC)C(NC)C1(C)CCCC1. The van der Waals surface area contributed by atoms with E-state index in [0.717, 1.165) is 12.0 Å². The first-order chi connectivity index (χ1) is 6.68. The quantitative estimate of drug-likeness (QED) is 0.710. The monoisotopic (exact) mass is 197 g/mol. The van der Waals surface area contributed by atoms with E-state index in [1.54, 1.807) is 0 Å². The minimum atomic E-state index is 0.575. The third-order valence-corrected chi connectivity index (χ3v) is 4.33. The summed E-state index contributed by atoms with van der Waals surface area (Å²) in [5.41, 5.74) is 0.575. The number of nitrogens with one attached hydrogen (secondary N) is 1. The first-order valence-corrected chi connectivity index (χ1v) is 6.35. The fourth-order valence-electron chi connectivity index (χ4n) is 3.41. The lowest BCUT2D eigenvalue weighted by Gasteiger charge is -2.39. The summed E-state index contributed by atoms with van der Waals surface area (Å²) in [4.78, 5) is 0. The van der Waals surface area contributed by atoms with Gasteiger partial charge >= 0.3 is 0 Å². The molecule has 0 aromatic carbocycles. The van der Waals surface area contributed by atoms with Crippen molar-refractivity contribution in [2.45, 2.75) is 65.3 Å². The summed E-state index contributed by atoms with van der Waals surface area (Å²) in [5.74, 6) is 0.864. The second-order valence-electron chi connectivity index (χ2n) is 5.20. The van der Waals surface area contributed by atoms with Gasteiger partial charge in [0.05, 0.1) is 0 Å². The van der Waals surface area contributed by atoms with Crippen molar-refractivity contribution in [1.29, 1.82) is 0 Å². The first-order valence-electron chi connectivity index (χ1n) is 6.35. The second kappa shape index (κ2) is 5.16. The third-order valence-electron chi connectivity index (χ3n) is 4.33. The van der Waals surface area contributed by atoms with Crippen molar-refractivity contribution in [2.24, 2.45) is 11.3 Å². The molecule has 1 unspecified atom stereocenters. The average Bonchev–Trinajstić information content (AvgIpc) is 2.62. The molecular weight excluding hydrogens is 170 g/mol. The van der Waals surface area contributed by atoms with Crippen LogP contribution in [0.4, 0.5) is 0 Å². The van der Waals surface area contributed by atoms with Crippen LogP contribution >= 0.6 is 0 Å². The van der Waals surface area contributed by atoms with Gasteiger partial charge in [-0.25, -0.2) is 0 Å². The van der Waals surface area contributed by atoms with Crippen LogP contribution in [0.5, 0.6) is 0 Å². The zero-order chi connectivity index (χ0) is 10.6. The molecule has 0 spiro atoms. The van der Waals surface area contributed by atoms with E-state index >= 15 is 0 Å². The summed E-state index contributed by atoms with van der Waals surface area (Å²) >= 11 is 0. The van der Waals surface area contributed by atoms with Gasteiger partial charge in [0.2, 0.25) is 0 Å². The van der Waals surface area contributed by atoms with Crippen molar-refractivity contribution in [3.63, 3.8) is 0 Å². The zero-order valence-corrected chi connectivity index (χ0v) is 10.4. The highest BCUT2D eigenvalue weighted by Gasteiger charge is 2.38. The van der Waals surface area contributed by atoms with Gasteiger partial charge in [-0.2, -0.15) is 0 Å². The molecule has 1 nitrogen and oxygen atoms in total. The molecule has 0 radical (unpaired) electrons. The van der Waals surface area contributed by atoms with Gasteiger partial charge in [-0.3, -0.25) is 0 Å². The lowest BCUT2D eigenvalue weighted by molar-refractivity contribution is 0.159. The zero-order valence-electron chi connectivity index (χ0n) is 10.4. The maximum atomic E-state index is 3.59. The van der Waals surface area contributed by atoms with Crippen LogP contribution in [0.1, 0.15) is 59.3 Å². The summed E-state index contributed by atoms with van der Waals surface area (Å²) in [7, 11) is 2.15. The van der Waals surface area contributed by atoms with E-state index in [4.69, 9.17) is 0 Å². The Morgan fingerprint density at radius 2 is 1.64 bits per heavy atom. The lowest BCUT2D eigenvalue weighted by atomic mass is 9.73. The number of hydrogen-bond donors (Lipinski definition) is 1. The van der Waals surface area contributed by atoms with Crippen LogP contribution in [-0.4, -0.2) is 13.1 Å². The molecule has 0 heterocycles. The van der Waals surface area contributed by atoms with Gasteiger partial charge in [-0.15, -0.1) is 0 Å². The predicted octanol–water partition coefficient (Wildman–Crippen LogP) is 3.59. The normalized spacial score (nSPS) is 22.9. The molecule has 1 aliphatic rings. The van der Waals surface area contributed by atoms with E-state index in [0.29, 0.717) is 5.41 Å². The van der Waals surface area contributed by atoms with Crippen molar-refractivity contribution in [2.75, 3.05) is 7.05 Å². The van der Waals surface area contributed by atoms with Crippen LogP contribution in [0.2, 0.25) is 0 Å². The molecule has 0 aromatic heterocycles. The summed E-state index contributed by atoms with van der Waals surface area (Å²) in [5, 5.41) is 3.59. The molecule has 84 valence electrons. The van der Waals surface area contributed by atoms with Crippen LogP contribution in [0, 0.1) is 11.3 Å². The van der Waals surface area contributed by atoms with E-state index in [2.05, 4.69) is 33.1 Å². The highest BCUT2D eigenvalue weighted by Crippen LogP contribution is 2.43. The van der Waals surface area contributed by atoms with Gasteiger partial charge in [0, 0.05) is 6.04 Å². The van der Waals surface area contributed by atoms with Crippen LogP contribution in [0.3, 0.4) is 0 Å². The van der Waals surface area contributed by atoms with Crippen LogP contribution < -0.4 is 5.32 Å². The molecule has 1 atom stereocenters. The average molecular weight is 197 g/mol. The fraction of sp³-hybridized carbons (Fsp3) is 1.00. The molecule has 0 saturated heterocycles. The largest absolute Gasteiger partial charge is 0.316 e. The summed E-state index contributed by atoms with van der Waals surface area (Å²) < 4.78 is 0. The molecular formula is C13H27N. The van der Waals surface area contributed by atoms with E-state index in [1.165, 1.54) is 38.5 Å². The molecule has 1 saturated carbocycles. The Balaban J connectivity index is 2.68. The standard InChI is InChI=1S/C13H27N/c1-5-11(6-2)12(14-4)13(3)9-7-8-10-13/h11-12,14H,5-10H2,1-4H3. The van der Waals surface area contributed by atoms with Crippen LogP contribution in [0.25, 0.3) is 0 Å². The van der Waals surface area contributed by atoms with Crippen molar-refractivity contribution < 1.29 is 0 Å². The van der Waals surface area contributed by atoms with Crippen molar-refractivity contribution in [3.8, 4) is 0 Å². The van der Waals surface area contributed by atoms with Gasteiger partial charge < -0.3 is 5.32 Å². The topological polar surface area (TPSA) is 12.0 Å². The van der Waals surface area contributed by atoms with E-state index in [-0.39, 0.29) is 0 Å². The molecule has 0 bridgehead atoms. The van der Waals surface area contributed by atoms with Gasteiger partial charge in [-0.05, 0) is 31.2 Å². The highest BCUT2D eigenvalue weighted by molar-refractivity contribution is 4.93. The second-order valence-corrected chi connectivity index (χ2v) is 5.20. The molecule has 1 aliphatic carbocycles. The summed E-state index contributed by atoms with van der Waals surface area (Å²) in [6.07, 6.45) is 8.36. The van der Waals surface area contributed by atoms with Crippen molar-refractivity contribution in [3.05, 3.63) is 0 Å². The Kier molecular flexibility index (Phi) is 4.43. The Labute approximate surface area is 89.7 Å².